The molecule has 1 heterocycles. The smallest absolute Gasteiger partial charge is 0.340 e. The zero-order chi connectivity index (χ0) is 9.14. The Hall–Kier alpha value is -0.970. The second-order valence-corrected chi connectivity index (χ2v) is 2.83. The molecule has 0 fully saturated rings. The lowest BCUT2D eigenvalue weighted by atomic mass is 10.3. The third-order valence-corrected chi connectivity index (χ3v) is 1.88. The lowest BCUT2D eigenvalue weighted by Gasteiger charge is -2.00. The van der Waals surface area contributed by atoms with Crippen LogP contribution in [-0.2, 0) is 4.74 Å². The number of nitrogens with zero attached hydrogens (tertiary/aromatic N) is 1. The lowest BCUT2D eigenvalue weighted by Crippen LogP contribution is -2.03. The Morgan fingerprint density at radius 3 is 2.92 bits per heavy atom. The van der Waals surface area contributed by atoms with Crippen LogP contribution in [0.4, 0.5) is 4.39 Å². The van der Waals surface area contributed by atoms with Crippen LogP contribution in [0.5, 0.6) is 0 Å². The fraction of sp³-hybridized carbons (Fsp3) is 0.143. The van der Waals surface area contributed by atoms with E-state index in [0.717, 1.165) is 12.3 Å². The van der Waals surface area contributed by atoms with Gasteiger partial charge in [-0.1, -0.05) is 0 Å². The molecule has 0 radical (unpaired) electrons. The molecule has 0 spiro atoms. The molecule has 1 rings (SSSR count). The molecule has 0 aliphatic carbocycles. The van der Waals surface area contributed by atoms with Gasteiger partial charge in [0, 0.05) is 16.7 Å². The number of pyridine rings is 1. The van der Waals surface area contributed by atoms with Crippen LogP contribution in [0.2, 0.25) is 0 Å². The van der Waals surface area contributed by atoms with E-state index in [9.17, 15) is 9.18 Å². The summed E-state index contributed by atoms with van der Waals surface area (Å²) < 4.78 is 17.2. The summed E-state index contributed by atoms with van der Waals surface area (Å²) in [5.74, 6) is -1.19. The first kappa shape index (κ1) is 9.12. The highest BCUT2D eigenvalue weighted by Crippen LogP contribution is 2.16. The van der Waals surface area contributed by atoms with Gasteiger partial charge >= 0.3 is 5.97 Å². The minimum atomic E-state index is -0.644. The number of esters is 1. The van der Waals surface area contributed by atoms with Crippen LogP contribution in [0, 0.1) is 5.95 Å². The highest BCUT2D eigenvalue weighted by atomic mass is 79.9. The van der Waals surface area contributed by atoms with Crippen LogP contribution in [0.15, 0.2) is 16.7 Å². The van der Waals surface area contributed by atoms with E-state index >= 15 is 0 Å². The van der Waals surface area contributed by atoms with Gasteiger partial charge in [0.15, 0.2) is 0 Å². The molecule has 1 aromatic heterocycles. The first-order valence-corrected chi connectivity index (χ1v) is 3.84. The number of hydrogen-bond acceptors (Lipinski definition) is 3. The fourth-order valence-corrected chi connectivity index (χ4v) is 1.12. The van der Waals surface area contributed by atoms with Crippen LogP contribution in [0.25, 0.3) is 0 Å². The largest absolute Gasteiger partial charge is 0.465 e. The van der Waals surface area contributed by atoms with Gasteiger partial charge in [-0.05, 0) is 15.9 Å². The number of carbonyl (C=O) groups excluding carboxylic acids is 1. The van der Waals surface area contributed by atoms with Crippen molar-refractivity contribution < 1.29 is 13.9 Å². The summed E-state index contributed by atoms with van der Waals surface area (Å²) in [6.45, 7) is 0. The highest BCUT2D eigenvalue weighted by molar-refractivity contribution is 9.10. The summed E-state index contributed by atoms with van der Waals surface area (Å²) in [6.07, 6.45) is 1.12. The third kappa shape index (κ3) is 1.79. The van der Waals surface area contributed by atoms with Gasteiger partial charge in [-0.25, -0.2) is 9.78 Å². The van der Waals surface area contributed by atoms with Crippen LogP contribution in [0.1, 0.15) is 10.4 Å². The normalized spacial score (nSPS) is 9.58. The number of ether oxygens (including phenoxy) is 1. The van der Waals surface area contributed by atoms with Crippen molar-refractivity contribution in [3.63, 3.8) is 0 Å². The van der Waals surface area contributed by atoms with Crippen molar-refractivity contribution in [3.8, 4) is 0 Å². The fourth-order valence-electron chi connectivity index (χ4n) is 0.668. The lowest BCUT2D eigenvalue weighted by molar-refractivity contribution is 0.0599. The van der Waals surface area contributed by atoms with E-state index in [1.165, 1.54) is 7.11 Å². The minimum absolute atomic E-state index is 0.207. The molecule has 0 saturated carbocycles. The zero-order valence-electron chi connectivity index (χ0n) is 6.17. The molecular formula is C7H5BrFNO2. The van der Waals surface area contributed by atoms with Crippen molar-refractivity contribution in [2.75, 3.05) is 7.11 Å². The average molecular weight is 234 g/mol. The van der Waals surface area contributed by atoms with E-state index in [2.05, 4.69) is 25.7 Å². The van der Waals surface area contributed by atoms with Gasteiger partial charge in [-0.15, -0.1) is 0 Å². The molecule has 0 atom stereocenters. The van der Waals surface area contributed by atoms with Gasteiger partial charge in [-0.2, -0.15) is 4.39 Å². The first-order valence-electron chi connectivity index (χ1n) is 3.04. The molecule has 1 aromatic rings. The maximum atomic E-state index is 12.4. The Labute approximate surface area is 76.7 Å². The maximum Gasteiger partial charge on any atom is 0.340 e. The monoisotopic (exact) mass is 233 g/mol. The van der Waals surface area contributed by atoms with E-state index in [1.807, 2.05) is 0 Å². The standard InChI is InChI=1S/C7H5BrFNO2/c1-12-7(11)4-3-10-6(9)2-5(4)8/h2-3H,1H3. The molecule has 64 valence electrons. The quantitative estimate of drug-likeness (QED) is 0.549. The number of carbonyl (C=O) groups is 1. The molecule has 0 amide bonds. The SMILES string of the molecule is COC(=O)c1cnc(F)cc1Br. The predicted molar refractivity (Wildman–Crippen MR) is 43.2 cm³/mol. The Bertz CT molecular complexity index is 316. The van der Waals surface area contributed by atoms with Gasteiger partial charge in [0.25, 0.3) is 0 Å². The first-order chi connectivity index (χ1) is 5.65. The topological polar surface area (TPSA) is 39.2 Å². The molecule has 0 bridgehead atoms. The summed E-state index contributed by atoms with van der Waals surface area (Å²) in [5, 5.41) is 0. The van der Waals surface area contributed by atoms with Gasteiger partial charge in [0.1, 0.15) is 0 Å². The number of methoxy groups -OCH3 is 1. The van der Waals surface area contributed by atoms with E-state index in [0.29, 0.717) is 4.47 Å². The van der Waals surface area contributed by atoms with E-state index in [4.69, 9.17) is 0 Å². The van der Waals surface area contributed by atoms with Crippen molar-refractivity contribution in [3.05, 3.63) is 28.2 Å². The molecule has 0 aliphatic heterocycles. The Morgan fingerprint density at radius 2 is 2.42 bits per heavy atom. The Balaban J connectivity index is 3.09. The van der Waals surface area contributed by atoms with Gasteiger partial charge in [-0.3, -0.25) is 0 Å². The van der Waals surface area contributed by atoms with Crippen molar-refractivity contribution in [2.45, 2.75) is 0 Å². The van der Waals surface area contributed by atoms with E-state index in [-0.39, 0.29) is 5.56 Å². The summed E-state index contributed by atoms with van der Waals surface area (Å²) in [5.41, 5.74) is 0.207. The van der Waals surface area contributed by atoms with Crippen molar-refractivity contribution in [2.24, 2.45) is 0 Å². The molecule has 5 heteroatoms. The van der Waals surface area contributed by atoms with Gasteiger partial charge < -0.3 is 4.74 Å². The number of aromatic nitrogens is 1. The summed E-state index contributed by atoms with van der Waals surface area (Å²) in [7, 11) is 1.25. The van der Waals surface area contributed by atoms with Crippen LogP contribution >= 0.6 is 15.9 Å². The molecular weight excluding hydrogens is 229 g/mol. The van der Waals surface area contributed by atoms with Crippen LogP contribution < -0.4 is 0 Å². The molecule has 0 saturated heterocycles. The molecule has 0 aliphatic rings. The van der Waals surface area contributed by atoms with E-state index < -0.39 is 11.9 Å². The Morgan fingerprint density at radius 1 is 1.75 bits per heavy atom. The number of rotatable bonds is 1. The predicted octanol–water partition coefficient (Wildman–Crippen LogP) is 1.77. The minimum Gasteiger partial charge on any atom is -0.465 e. The van der Waals surface area contributed by atoms with Crippen molar-refractivity contribution >= 4 is 21.9 Å². The van der Waals surface area contributed by atoms with Crippen LogP contribution in [-0.4, -0.2) is 18.1 Å². The summed E-state index contributed by atoms with van der Waals surface area (Å²) in [6, 6.07) is 1.10. The number of halogens is 2. The van der Waals surface area contributed by atoms with E-state index in [1.54, 1.807) is 0 Å². The second-order valence-electron chi connectivity index (χ2n) is 1.98. The zero-order valence-corrected chi connectivity index (χ0v) is 7.76. The third-order valence-electron chi connectivity index (χ3n) is 1.23. The average Bonchev–Trinajstić information content (AvgIpc) is 2.03. The summed E-state index contributed by atoms with van der Waals surface area (Å²) in [4.78, 5) is 14.2. The van der Waals surface area contributed by atoms with Crippen LogP contribution in [0.3, 0.4) is 0 Å². The molecule has 0 aromatic carbocycles. The molecule has 0 unspecified atom stereocenters. The molecule has 12 heavy (non-hydrogen) atoms. The number of hydrogen-bond donors (Lipinski definition) is 0. The van der Waals surface area contributed by atoms with Crippen molar-refractivity contribution in [1.82, 2.24) is 4.98 Å². The maximum absolute atomic E-state index is 12.4. The van der Waals surface area contributed by atoms with Gasteiger partial charge in [0.05, 0.1) is 12.7 Å². The van der Waals surface area contributed by atoms with Crippen molar-refractivity contribution in [1.29, 1.82) is 0 Å². The molecule has 3 nitrogen and oxygen atoms in total. The molecule has 0 N–H and O–H groups in total. The highest BCUT2D eigenvalue weighted by Gasteiger charge is 2.10. The Kier molecular flexibility index (Phi) is 2.75. The summed E-state index contributed by atoms with van der Waals surface area (Å²) >= 11 is 3.01. The second kappa shape index (κ2) is 3.62. The van der Waals surface area contributed by atoms with Gasteiger partial charge in [0.2, 0.25) is 5.95 Å².